The van der Waals surface area contributed by atoms with Crippen molar-refractivity contribution in [3.8, 4) is 5.69 Å². The Bertz CT molecular complexity index is 1200. The number of benzene rings is 2. The predicted molar refractivity (Wildman–Crippen MR) is 121 cm³/mol. The molecule has 1 aliphatic carbocycles. The second-order valence-electron chi connectivity index (χ2n) is 9.17. The molecular formula is C25H26ClN3O. The van der Waals surface area contributed by atoms with Gasteiger partial charge in [-0.2, -0.15) is 4.98 Å². The SMILES string of the molecule is O=c1nc2n(c3cccc(Cl)c13)-c1cc([C@@H]3CCCNC3)ccc1C21CCCCC1. The maximum absolute atomic E-state index is 13.0. The topological polar surface area (TPSA) is 46.9 Å². The molecule has 3 heterocycles. The summed E-state index contributed by atoms with van der Waals surface area (Å²) in [6, 6.07) is 12.8. The first-order chi connectivity index (χ1) is 14.7. The molecule has 30 heavy (non-hydrogen) atoms. The molecule has 154 valence electrons. The summed E-state index contributed by atoms with van der Waals surface area (Å²) in [5.74, 6) is 1.47. The summed E-state index contributed by atoms with van der Waals surface area (Å²) in [5.41, 5.74) is 4.47. The highest BCUT2D eigenvalue weighted by Gasteiger charge is 2.46. The second kappa shape index (κ2) is 6.93. The van der Waals surface area contributed by atoms with Crippen molar-refractivity contribution in [1.29, 1.82) is 0 Å². The minimum absolute atomic E-state index is 0.146. The Morgan fingerprint density at radius 3 is 2.77 bits per heavy atom. The zero-order valence-corrected chi connectivity index (χ0v) is 17.8. The van der Waals surface area contributed by atoms with Crippen LogP contribution in [-0.4, -0.2) is 22.6 Å². The van der Waals surface area contributed by atoms with E-state index in [1.54, 1.807) is 6.07 Å². The standard InChI is InChI=1S/C25H26ClN3O/c26-19-7-4-8-20-22(19)23(30)28-24-25(11-2-1-3-12-25)18-10-9-16(14-21(18)29(20)24)17-6-5-13-27-15-17/h4,7-10,14,17,27H,1-3,5-6,11-13,15H2/t17-/m1/s1. The number of nitrogens with one attached hydrogen (secondary N) is 1. The third kappa shape index (κ3) is 2.56. The fourth-order valence-corrected chi connectivity index (χ4v) is 6.34. The number of hydrogen-bond donors (Lipinski definition) is 1. The monoisotopic (exact) mass is 419 g/mol. The molecule has 6 rings (SSSR count). The first-order valence-corrected chi connectivity index (χ1v) is 11.6. The van der Waals surface area contributed by atoms with Crippen LogP contribution in [0.4, 0.5) is 0 Å². The van der Waals surface area contributed by atoms with Crippen LogP contribution in [0.1, 0.15) is 67.8 Å². The van der Waals surface area contributed by atoms with Crippen molar-refractivity contribution >= 4 is 22.5 Å². The number of halogens is 1. The van der Waals surface area contributed by atoms with Crippen LogP contribution in [0.25, 0.3) is 16.6 Å². The van der Waals surface area contributed by atoms with Gasteiger partial charge in [-0.15, -0.1) is 0 Å². The maximum atomic E-state index is 13.0. The zero-order chi connectivity index (χ0) is 20.3. The molecule has 1 N–H and O–H groups in total. The van der Waals surface area contributed by atoms with E-state index in [4.69, 9.17) is 11.6 Å². The van der Waals surface area contributed by atoms with Gasteiger partial charge in [0.15, 0.2) is 0 Å². The highest BCUT2D eigenvalue weighted by Crippen LogP contribution is 2.52. The van der Waals surface area contributed by atoms with E-state index in [1.807, 2.05) is 12.1 Å². The molecule has 1 spiro atoms. The summed E-state index contributed by atoms with van der Waals surface area (Å²) in [6.45, 7) is 2.15. The van der Waals surface area contributed by atoms with Gasteiger partial charge in [0, 0.05) is 6.54 Å². The molecular weight excluding hydrogens is 394 g/mol. The lowest BCUT2D eigenvalue weighted by atomic mass is 9.69. The molecule has 2 aromatic carbocycles. The summed E-state index contributed by atoms with van der Waals surface area (Å²) >= 11 is 6.46. The molecule has 0 radical (unpaired) electrons. The lowest BCUT2D eigenvalue weighted by Crippen LogP contribution is -2.32. The minimum atomic E-state index is -0.198. The van der Waals surface area contributed by atoms with Crippen molar-refractivity contribution in [3.05, 3.63) is 68.7 Å². The number of aromatic nitrogens is 2. The molecule has 1 saturated carbocycles. The van der Waals surface area contributed by atoms with E-state index in [9.17, 15) is 4.79 Å². The largest absolute Gasteiger partial charge is 0.316 e. The van der Waals surface area contributed by atoms with Crippen molar-refractivity contribution in [2.45, 2.75) is 56.3 Å². The van der Waals surface area contributed by atoms with Gasteiger partial charge in [-0.1, -0.05) is 49.1 Å². The quantitative estimate of drug-likeness (QED) is 0.599. The van der Waals surface area contributed by atoms with Gasteiger partial charge < -0.3 is 5.32 Å². The molecule has 1 atom stereocenters. The van der Waals surface area contributed by atoms with Gasteiger partial charge in [0.25, 0.3) is 5.56 Å². The van der Waals surface area contributed by atoms with Crippen LogP contribution >= 0.6 is 11.6 Å². The van der Waals surface area contributed by atoms with Crippen molar-refractivity contribution in [2.75, 3.05) is 13.1 Å². The molecule has 3 aromatic rings. The average Bonchev–Trinajstić information content (AvgIpc) is 3.04. The number of hydrogen-bond acceptors (Lipinski definition) is 3. The first kappa shape index (κ1) is 18.6. The normalized spacial score (nSPS) is 22.2. The third-order valence-electron chi connectivity index (χ3n) is 7.55. The Morgan fingerprint density at radius 2 is 1.97 bits per heavy atom. The Hall–Kier alpha value is -2.17. The molecule has 1 aromatic heterocycles. The lowest BCUT2D eigenvalue weighted by Gasteiger charge is -2.33. The van der Waals surface area contributed by atoms with E-state index in [2.05, 4.69) is 33.1 Å². The van der Waals surface area contributed by atoms with E-state index in [-0.39, 0.29) is 11.0 Å². The second-order valence-corrected chi connectivity index (χ2v) is 9.58. The van der Waals surface area contributed by atoms with E-state index in [0.29, 0.717) is 16.3 Å². The van der Waals surface area contributed by atoms with Crippen molar-refractivity contribution in [2.24, 2.45) is 0 Å². The van der Waals surface area contributed by atoms with Gasteiger partial charge in [0.2, 0.25) is 0 Å². The summed E-state index contributed by atoms with van der Waals surface area (Å²) in [6.07, 6.45) is 8.17. The average molecular weight is 420 g/mol. The van der Waals surface area contributed by atoms with E-state index in [1.165, 1.54) is 48.9 Å². The van der Waals surface area contributed by atoms with Gasteiger partial charge >= 0.3 is 0 Å². The van der Waals surface area contributed by atoms with Gasteiger partial charge in [-0.25, -0.2) is 0 Å². The van der Waals surface area contributed by atoms with Crippen LogP contribution in [0.5, 0.6) is 0 Å². The van der Waals surface area contributed by atoms with Crippen LogP contribution < -0.4 is 10.9 Å². The Kier molecular flexibility index (Phi) is 4.29. The molecule has 5 heteroatoms. The van der Waals surface area contributed by atoms with Crippen molar-refractivity contribution in [1.82, 2.24) is 14.9 Å². The van der Waals surface area contributed by atoms with Crippen LogP contribution in [0, 0.1) is 0 Å². The Labute approximate surface area is 181 Å². The highest BCUT2D eigenvalue weighted by molar-refractivity contribution is 6.35. The number of fused-ring (bicyclic) bond motifs is 7. The molecule has 1 saturated heterocycles. The summed E-state index contributed by atoms with van der Waals surface area (Å²) in [7, 11) is 0. The number of piperidine rings is 1. The number of rotatable bonds is 1. The van der Waals surface area contributed by atoms with Gasteiger partial charge in [-0.05, 0) is 67.5 Å². The van der Waals surface area contributed by atoms with Crippen LogP contribution in [-0.2, 0) is 5.41 Å². The van der Waals surface area contributed by atoms with Crippen molar-refractivity contribution < 1.29 is 0 Å². The maximum Gasteiger partial charge on any atom is 0.282 e. The van der Waals surface area contributed by atoms with Crippen LogP contribution in [0.2, 0.25) is 5.02 Å². The summed E-state index contributed by atoms with van der Waals surface area (Å²) in [4.78, 5) is 17.7. The van der Waals surface area contributed by atoms with E-state index < -0.39 is 0 Å². The molecule has 3 aliphatic rings. The Morgan fingerprint density at radius 1 is 1.10 bits per heavy atom. The van der Waals surface area contributed by atoms with Gasteiger partial charge in [0.1, 0.15) is 5.82 Å². The molecule has 4 nitrogen and oxygen atoms in total. The third-order valence-corrected chi connectivity index (χ3v) is 7.86. The molecule has 2 aliphatic heterocycles. The predicted octanol–water partition coefficient (Wildman–Crippen LogP) is 5.07. The fraction of sp³-hybridized carbons (Fsp3) is 0.440. The first-order valence-electron chi connectivity index (χ1n) is 11.3. The molecule has 0 unspecified atom stereocenters. The van der Waals surface area contributed by atoms with E-state index in [0.717, 1.165) is 37.3 Å². The molecule has 0 amide bonds. The van der Waals surface area contributed by atoms with Gasteiger partial charge in [-0.3, -0.25) is 9.36 Å². The molecule has 2 fully saturated rings. The number of nitrogens with zero attached hydrogens (tertiary/aromatic N) is 2. The smallest absolute Gasteiger partial charge is 0.282 e. The summed E-state index contributed by atoms with van der Waals surface area (Å²) in [5, 5.41) is 4.56. The summed E-state index contributed by atoms with van der Waals surface area (Å²) < 4.78 is 2.25. The van der Waals surface area contributed by atoms with Gasteiger partial charge in [0.05, 0.1) is 27.0 Å². The Balaban J connectivity index is 1.65. The fourth-order valence-electron chi connectivity index (χ4n) is 6.09. The zero-order valence-electron chi connectivity index (χ0n) is 17.1. The van der Waals surface area contributed by atoms with Crippen LogP contribution in [0.3, 0.4) is 0 Å². The molecule has 0 bridgehead atoms. The highest BCUT2D eigenvalue weighted by atomic mass is 35.5. The van der Waals surface area contributed by atoms with E-state index >= 15 is 0 Å². The minimum Gasteiger partial charge on any atom is -0.316 e. The lowest BCUT2D eigenvalue weighted by molar-refractivity contribution is 0.338. The van der Waals surface area contributed by atoms with Crippen LogP contribution in [0.15, 0.2) is 41.2 Å². The van der Waals surface area contributed by atoms with Crippen molar-refractivity contribution in [3.63, 3.8) is 0 Å².